The number of hydrogen-bond acceptors (Lipinski definition) is 5. The molecule has 0 aliphatic heterocycles. The molecule has 0 unspecified atom stereocenters. The average Bonchev–Trinajstić information content (AvgIpc) is 2.81. The maximum Gasteiger partial charge on any atom is 0.319 e. The van der Waals surface area contributed by atoms with Crippen LogP contribution in [0.2, 0.25) is 0 Å². The molecule has 1 atom stereocenters. The second-order valence-electron chi connectivity index (χ2n) is 6.98. The molecule has 32 heavy (non-hydrogen) atoms. The Morgan fingerprint density at radius 2 is 1.59 bits per heavy atom. The highest BCUT2D eigenvalue weighted by atomic mass is 16.5. The van der Waals surface area contributed by atoms with Gasteiger partial charge in [-0.05, 0) is 23.3 Å². The van der Waals surface area contributed by atoms with E-state index in [1.807, 2.05) is 60.7 Å². The summed E-state index contributed by atoms with van der Waals surface area (Å²) in [6.45, 7) is 1.71. The number of hydrogen-bond donors (Lipinski definition) is 2. The maximum atomic E-state index is 12.7. The number of methoxy groups -OCH3 is 1. The molecule has 2 N–H and O–H groups in total. The summed E-state index contributed by atoms with van der Waals surface area (Å²) in [5.74, 6) is 0.501. The molecule has 0 aliphatic rings. The van der Waals surface area contributed by atoms with Gasteiger partial charge in [0.2, 0.25) is 0 Å². The zero-order valence-corrected chi connectivity index (χ0v) is 18.0. The predicted octanol–water partition coefficient (Wildman–Crippen LogP) is 4.70. The third kappa shape index (κ3) is 6.50. The van der Waals surface area contributed by atoms with E-state index in [1.54, 1.807) is 18.2 Å². The molecule has 3 aromatic carbocycles. The van der Waals surface area contributed by atoms with Gasteiger partial charge in [0.1, 0.15) is 13.2 Å². The molecular weight excluding hydrogens is 408 g/mol. The first kappa shape index (κ1) is 22.7. The van der Waals surface area contributed by atoms with Gasteiger partial charge in [0, 0.05) is 6.92 Å². The number of para-hydroxylation sites is 1. The summed E-state index contributed by atoms with van der Waals surface area (Å²) in [5.41, 5.74) is 2.28. The van der Waals surface area contributed by atoms with Crippen LogP contribution in [0.1, 0.15) is 24.1 Å². The third-order valence-electron chi connectivity index (χ3n) is 4.63. The van der Waals surface area contributed by atoms with Gasteiger partial charge in [-0.15, -0.1) is 0 Å². The van der Waals surface area contributed by atoms with Crippen molar-refractivity contribution in [1.82, 2.24) is 5.32 Å². The van der Waals surface area contributed by atoms with E-state index in [0.29, 0.717) is 23.8 Å². The summed E-state index contributed by atoms with van der Waals surface area (Å²) in [5, 5.41) is 5.63. The highest BCUT2D eigenvalue weighted by Gasteiger charge is 2.18. The van der Waals surface area contributed by atoms with Gasteiger partial charge in [0.15, 0.2) is 11.5 Å². The van der Waals surface area contributed by atoms with Crippen molar-refractivity contribution in [3.8, 4) is 11.5 Å². The number of ether oxygens (including phenoxy) is 3. The molecule has 7 nitrogen and oxygen atoms in total. The van der Waals surface area contributed by atoms with Crippen LogP contribution in [-0.2, 0) is 16.1 Å². The second kappa shape index (κ2) is 11.4. The lowest BCUT2D eigenvalue weighted by Crippen LogP contribution is -2.35. The molecule has 0 aromatic heterocycles. The summed E-state index contributed by atoms with van der Waals surface area (Å²) >= 11 is 0. The maximum absolute atomic E-state index is 12.7. The van der Waals surface area contributed by atoms with Crippen molar-refractivity contribution in [2.45, 2.75) is 19.6 Å². The monoisotopic (exact) mass is 434 g/mol. The minimum absolute atomic E-state index is 0.0180. The molecule has 0 saturated carbocycles. The number of carbonyl (C=O) groups excluding carboxylic acids is 2. The summed E-state index contributed by atoms with van der Waals surface area (Å²) in [6.07, 6.45) is 0. The molecule has 0 fully saturated rings. The van der Waals surface area contributed by atoms with Crippen LogP contribution < -0.4 is 20.1 Å². The number of benzene rings is 3. The molecule has 0 radical (unpaired) electrons. The second-order valence-corrected chi connectivity index (χ2v) is 6.98. The van der Waals surface area contributed by atoms with Crippen LogP contribution in [0.3, 0.4) is 0 Å². The molecule has 3 aromatic rings. The van der Waals surface area contributed by atoms with Gasteiger partial charge in [-0.25, -0.2) is 4.79 Å². The standard InChI is InChI=1S/C25H26N2O5/c1-18(28)31-17-22(20-12-7-4-8-13-20)27-25(29)26-21-14-9-15-23(24(21)30-2)32-16-19-10-5-3-6-11-19/h3-15,22H,16-17H2,1-2H3,(H2,26,27,29)/t22-/m0/s1. The summed E-state index contributed by atoms with van der Waals surface area (Å²) in [4.78, 5) is 24.0. The van der Waals surface area contributed by atoms with Crippen molar-refractivity contribution in [2.75, 3.05) is 19.0 Å². The zero-order chi connectivity index (χ0) is 22.8. The molecule has 2 amide bonds. The number of urea groups is 1. The van der Waals surface area contributed by atoms with Gasteiger partial charge in [-0.2, -0.15) is 0 Å². The van der Waals surface area contributed by atoms with Gasteiger partial charge in [0.25, 0.3) is 0 Å². The molecule has 0 saturated heterocycles. The molecule has 0 bridgehead atoms. The van der Waals surface area contributed by atoms with E-state index in [-0.39, 0.29) is 6.61 Å². The largest absolute Gasteiger partial charge is 0.491 e. The van der Waals surface area contributed by atoms with E-state index in [4.69, 9.17) is 14.2 Å². The minimum Gasteiger partial charge on any atom is -0.491 e. The molecule has 0 aliphatic carbocycles. The Morgan fingerprint density at radius 1 is 0.906 bits per heavy atom. The fourth-order valence-electron chi connectivity index (χ4n) is 3.10. The third-order valence-corrected chi connectivity index (χ3v) is 4.63. The summed E-state index contributed by atoms with van der Waals surface area (Å²) in [6, 6.07) is 23.3. The number of nitrogens with one attached hydrogen (secondary N) is 2. The molecule has 0 heterocycles. The molecule has 7 heteroatoms. The van der Waals surface area contributed by atoms with Crippen molar-refractivity contribution in [3.63, 3.8) is 0 Å². The van der Waals surface area contributed by atoms with Crippen LogP contribution in [-0.4, -0.2) is 25.7 Å². The lowest BCUT2D eigenvalue weighted by Gasteiger charge is -2.20. The molecular formula is C25H26N2O5. The van der Waals surface area contributed by atoms with E-state index in [2.05, 4.69) is 10.6 Å². The Labute approximate surface area is 187 Å². The fraction of sp³-hybridized carbons (Fsp3) is 0.200. The van der Waals surface area contributed by atoms with E-state index in [0.717, 1.165) is 11.1 Å². The highest BCUT2D eigenvalue weighted by Crippen LogP contribution is 2.35. The fourth-order valence-corrected chi connectivity index (χ4v) is 3.10. The Bertz CT molecular complexity index is 1030. The molecule has 3 rings (SSSR count). The van der Waals surface area contributed by atoms with Crippen molar-refractivity contribution < 1.29 is 23.8 Å². The average molecular weight is 434 g/mol. The topological polar surface area (TPSA) is 85.9 Å². The highest BCUT2D eigenvalue weighted by molar-refractivity contribution is 5.91. The Hall–Kier alpha value is -4.00. The van der Waals surface area contributed by atoms with Crippen molar-refractivity contribution in [2.24, 2.45) is 0 Å². The van der Waals surface area contributed by atoms with Gasteiger partial charge in [-0.3, -0.25) is 4.79 Å². The zero-order valence-electron chi connectivity index (χ0n) is 18.0. The van der Waals surface area contributed by atoms with Crippen molar-refractivity contribution >= 4 is 17.7 Å². The molecule has 166 valence electrons. The van der Waals surface area contributed by atoms with Gasteiger partial charge in [0.05, 0.1) is 18.8 Å². The van der Waals surface area contributed by atoms with Crippen LogP contribution in [0.4, 0.5) is 10.5 Å². The Morgan fingerprint density at radius 3 is 2.25 bits per heavy atom. The first-order valence-corrected chi connectivity index (χ1v) is 10.2. The number of amides is 2. The van der Waals surface area contributed by atoms with Crippen molar-refractivity contribution in [1.29, 1.82) is 0 Å². The summed E-state index contributed by atoms with van der Waals surface area (Å²) in [7, 11) is 1.52. The SMILES string of the molecule is COc1c(NC(=O)N[C@@H](COC(C)=O)c2ccccc2)cccc1OCc1ccccc1. The van der Waals surface area contributed by atoms with Gasteiger partial charge < -0.3 is 24.8 Å². The number of rotatable bonds is 9. The quantitative estimate of drug-likeness (QED) is 0.477. The van der Waals surface area contributed by atoms with Crippen LogP contribution in [0.15, 0.2) is 78.9 Å². The smallest absolute Gasteiger partial charge is 0.319 e. The first-order valence-electron chi connectivity index (χ1n) is 10.2. The van der Waals surface area contributed by atoms with E-state index in [9.17, 15) is 9.59 Å². The molecule has 0 spiro atoms. The van der Waals surface area contributed by atoms with E-state index in [1.165, 1.54) is 14.0 Å². The number of carbonyl (C=O) groups is 2. The Balaban J connectivity index is 1.70. The van der Waals surface area contributed by atoms with Gasteiger partial charge >= 0.3 is 12.0 Å². The lowest BCUT2D eigenvalue weighted by molar-refractivity contribution is -0.141. The van der Waals surface area contributed by atoms with Crippen LogP contribution in [0.5, 0.6) is 11.5 Å². The number of esters is 1. The summed E-state index contributed by atoms with van der Waals surface area (Å²) < 4.78 is 16.5. The van der Waals surface area contributed by atoms with E-state index < -0.39 is 18.0 Å². The van der Waals surface area contributed by atoms with Crippen LogP contribution in [0, 0.1) is 0 Å². The van der Waals surface area contributed by atoms with Gasteiger partial charge in [-0.1, -0.05) is 66.7 Å². The number of anilines is 1. The Kier molecular flexibility index (Phi) is 8.09. The van der Waals surface area contributed by atoms with Crippen LogP contribution in [0.25, 0.3) is 0 Å². The van der Waals surface area contributed by atoms with Crippen LogP contribution >= 0.6 is 0 Å². The first-order chi connectivity index (χ1) is 15.6. The van der Waals surface area contributed by atoms with Crippen molar-refractivity contribution in [3.05, 3.63) is 90.0 Å². The minimum atomic E-state index is -0.511. The normalized spacial score (nSPS) is 11.2. The van der Waals surface area contributed by atoms with E-state index >= 15 is 0 Å². The lowest BCUT2D eigenvalue weighted by atomic mass is 10.1. The predicted molar refractivity (Wildman–Crippen MR) is 122 cm³/mol.